The zero-order valence-electron chi connectivity index (χ0n) is 16.0. The summed E-state index contributed by atoms with van der Waals surface area (Å²) in [5.74, 6) is -0.778. The number of amides is 3. The third-order valence-electron chi connectivity index (χ3n) is 7.15. The Morgan fingerprint density at radius 3 is 2.46 bits per heavy atom. The first-order valence-electron chi connectivity index (χ1n) is 9.50. The Morgan fingerprint density at radius 1 is 1.21 bits per heavy atom. The van der Waals surface area contributed by atoms with Gasteiger partial charge in [0.05, 0.1) is 16.8 Å². The van der Waals surface area contributed by atoms with Crippen LogP contribution in [0, 0.1) is 5.41 Å². The first-order valence-corrected chi connectivity index (χ1v) is 10.3. The van der Waals surface area contributed by atoms with Crippen LogP contribution < -0.4 is 5.32 Å². The number of carbonyl (C=O) groups is 3. The molecule has 1 aliphatic heterocycles. The van der Waals surface area contributed by atoms with Crippen LogP contribution in [0.25, 0.3) is 0 Å². The summed E-state index contributed by atoms with van der Waals surface area (Å²) in [5, 5.41) is 3.36. The van der Waals surface area contributed by atoms with Gasteiger partial charge in [-0.25, -0.2) is 4.98 Å². The lowest BCUT2D eigenvalue weighted by atomic mass is 9.70. The molecule has 144 valence electrons. The van der Waals surface area contributed by atoms with Crippen LogP contribution >= 0.6 is 11.3 Å². The molecule has 1 saturated carbocycles. The molecule has 28 heavy (non-hydrogen) atoms. The molecule has 2 aromatic rings. The Labute approximate surface area is 167 Å². The minimum absolute atomic E-state index is 0.0367. The maximum absolute atomic E-state index is 12.5. The van der Waals surface area contributed by atoms with E-state index < -0.39 is 17.7 Å². The van der Waals surface area contributed by atoms with E-state index in [4.69, 9.17) is 4.98 Å². The van der Waals surface area contributed by atoms with Crippen LogP contribution in [0.5, 0.6) is 0 Å². The molecule has 1 aromatic carbocycles. The highest BCUT2D eigenvalue weighted by Crippen LogP contribution is 2.68. The summed E-state index contributed by atoms with van der Waals surface area (Å²) >= 11 is 1.53. The zero-order valence-corrected chi connectivity index (χ0v) is 16.9. The van der Waals surface area contributed by atoms with Gasteiger partial charge in [0.25, 0.3) is 11.8 Å². The van der Waals surface area contributed by atoms with Crippen molar-refractivity contribution in [3.63, 3.8) is 0 Å². The van der Waals surface area contributed by atoms with Gasteiger partial charge in [-0.15, -0.1) is 11.3 Å². The van der Waals surface area contributed by atoms with Gasteiger partial charge in [0, 0.05) is 16.2 Å². The maximum Gasteiger partial charge on any atom is 0.262 e. The Bertz CT molecular complexity index is 1020. The van der Waals surface area contributed by atoms with Crippen molar-refractivity contribution in [1.82, 2.24) is 9.88 Å². The number of benzene rings is 1. The van der Waals surface area contributed by atoms with Gasteiger partial charge in [-0.1, -0.05) is 32.9 Å². The van der Waals surface area contributed by atoms with Crippen molar-refractivity contribution < 1.29 is 14.4 Å². The highest BCUT2D eigenvalue weighted by Gasteiger charge is 2.61. The largest absolute Gasteiger partial charge is 0.300 e. The predicted molar refractivity (Wildman–Crippen MR) is 106 cm³/mol. The minimum Gasteiger partial charge on any atom is -0.300 e. The lowest BCUT2D eigenvalue weighted by Crippen LogP contribution is -2.37. The molecule has 2 bridgehead atoms. The molecule has 5 rings (SSSR count). The third kappa shape index (κ3) is 2.08. The van der Waals surface area contributed by atoms with Gasteiger partial charge in [-0.2, -0.15) is 0 Å². The van der Waals surface area contributed by atoms with Crippen molar-refractivity contribution in [2.24, 2.45) is 5.41 Å². The number of imide groups is 1. The monoisotopic (exact) mass is 395 g/mol. The topological polar surface area (TPSA) is 79.4 Å². The molecule has 0 spiro atoms. The minimum atomic E-state index is -0.426. The van der Waals surface area contributed by atoms with Gasteiger partial charge in [-0.3, -0.25) is 19.3 Å². The number of carbonyl (C=O) groups excluding carboxylic acids is 3. The van der Waals surface area contributed by atoms with E-state index in [1.807, 2.05) is 0 Å². The van der Waals surface area contributed by atoms with E-state index in [2.05, 4.69) is 26.1 Å². The second-order valence-corrected chi connectivity index (χ2v) is 9.70. The van der Waals surface area contributed by atoms with E-state index in [1.165, 1.54) is 16.2 Å². The van der Waals surface area contributed by atoms with Crippen LogP contribution in [-0.2, 0) is 10.2 Å². The highest BCUT2D eigenvalue weighted by atomic mass is 32.1. The molecule has 7 heteroatoms. The summed E-state index contributed by atoms with van der Waals surface area (Å²) in [6.07, 6.45) is 2.27. The molecular weight excluding hydrogens is 374 g/mol. The summed E-state index contributed by atoms with van der Waals surface area (Å²) in [4.78, 5) is 44.4. The molecule has 0 radical (unpaired) electrons. The molecule has 2 heterocycles. The molecule has 1 fully saturated rings. The summed E-state index contributed by atoms with van der Waals surface area (Å²) in [7, 11) is 0. The summed E-state index contributed by atoms with van der Waals surface area (Å²) < 4.78 is 0. The van der Waals surface area contributed by atoms with Crippen LogP contribution in [0.4, 0.5) is 5.13 Å². The van der Waals surface area contributed by atoms with Crippen LogP contribution in [0.2, 0.25) is 0 Å². The normalized spacial score (nSPS) is 26.5. The van der Waals surface area contributed by atoms with E-state index in [0.29, 0.717) is 22.2 Å². The van der Waals surface area contributed by atoms with Gasteiger partial charge < -0.3 is 5.32 Å². The fourth-order valence-electron chi connectivity index (χ4n) is 5.08. The fraction of sp³-hybridized carbons (Fsp3) is 0.429. The SMILES string of the molecule is CC12CCC(c3sc(NC(=O)CN4C(=O)c5ccccc5C4=O)nc31)C2(C)C. The van der Waals surface area contributed by atoms with E-state index in [9.17, 15) is 14.4 Å². The molecule has 0 saturated heterocycles. The Kier molecular flexibility index (Phi) is 3.45. The van der Waals surface area contributed by atoms with E-state index in [-0.39, 0.29) is 17.4 Å². The Balaban J connectivity index is 1.33. The number of hydrogen-bond acceptors (Lipinski definition) is 5. The number of thiazole rings is 1. The summed E-state index contributed by atoms with van der Waals surface area (Å²) in [6, 6.07) is 6.64. The fourth-order valence-corrected chi connectivity index (χ4v) is 6.52. The van der Waals surface area contributed by atoms with Crippen LogP contribution in [0.1, 0.15) is 70.8 Å². The summed E-state index contributed by atoms with van der Waals surface area (Å²) in [6.45, 7) is 6.57. The molecule has 2 aliphatic carbocycles. The zero-order chi connectivity index (χ0) is 19.8. The molecule has 1 N–H and O–H groups in total. The number of hydrogen-bond donors (Lipinski definition) is 1. The number of anilines is 1. The smallest absolute Gasteiger partial charge is 0.262 e. The summed E-state index contributed by atoms with van der Waals surface area (Å²) in [5.41, 5.74) is 2.02. The second kappa shape index (κ2) is 5.50. The molecule has 3 amide bonds. The highest BCUT2D eigenvalue weighted by molar-refractivity contribution is 7.16. The van der Waals surface area contributed by atoms with Crippen LogP contribution in [-0.4, -0.2) is 34.2 Å². The molecule has 3 aliphatic rings. The molecular formula is C21H21N3O3S. The standard InChI is InChI=1S/C21H21N3O3S/c1-20(2)13-8-9-21(20,3)16-15(13)28-19(23-16)22-14(25)10-24-17(26)11-6-4-5-7-12(11)18(24)27/h4-7,13H,8-10H2,1-3H3,(H,22,23,25). The van der Waals surface area contributed by atoms with Gasteiger partial charge in [0.2, 0.25) is 5.91 Å². The van der Waals surface area contributed by atoms with Gasteiger partial charge >= 0.3 is 0 Å². The number of aromatic nitrogens is 1. The lowest BCUT2D eigenvalue weighted by Gasteiger charge is -2.34. The quantitative estimate of drug-likeness (QED) is 0.806. The van der Waals surface area contributed by atoms with Crippen molar-refractivity contribution in [3.8, 4) is 0 Å². The second-order valence-electron chi connectivity index (χ2n) is 8.67. The third-order valence-corrected chi connectivity index (χ3v) is 8.23. The number of nitrogens with zero attached hydrogens (tertiary/aromatic N) is 2. The molecule has 2 atom stereocenters. The molecule has 6 nitrogen and oxygen atoms in total. The van der Waals surface area contributed by atoms with Gasteiger partial charge in [-0.05, 0) is 30.4 Å². The van der Waals surface area contributed by atoms with Crippen molar-refractivity contribution in [2.75, 3.05) is 11.9 Å². The number of nitrogens with one attached hydrogen (secondary N) is 1. The van der Waals surface area contributed by atoms with Crippen molar-refractivity contribution in [2.45, 2.75) is 44.9 Å². The van der Waals surface area contributed by atoms with Crippen molar-refractivity contribution in [1.29, 1.82) is 0 Å². The van der Waals surface area contributed by atoms with Crippen molar-refractivity contribution >= 4 is 34.2 Å². The van der Waals surface area contributed by atoms with Gasteiger partial charge in [0.15, 0.2) is 5.13 Å². The predicted octanol–water partition coefficient (Wildman–Crippen LogP) is 3.55. The van der Waals surface area contributed by atoms with E-state index in [0.717, 1.165) is 23.4 Å². The maximum atomic E-state index is 12.5. The Morgan fingerprint density at radius 2 is 1.86 bits per heavy atom. The average Bonchev–Trinajstić information content (AvgIpc) is 3.28. The van der Waals surface area contributed by atoms with Crippen LogP contribution in [0.3, 0.4) is 0 Å². The molecule has 2 unspecified atom stereocenters. The van der Waals surface area contributed by atoms with E-state index >= 15 is 0 Å². The number of rotatable bonds is 3. The van der Waals surface area contributed by atoms with E-state index in [1.54, 1.807) is 24.3 Å². The van der Waals surface area contributed by atoms with Gasteiger partial charge in [0.1, 0.15) is 6.54 Å². The molecule has 1 aromatic heterocycles. The first kappa shape index (κ1) is 17.6. The Hall–Kier alpha value is -2.54. The van der Waals surface area contributed by atoms with Crippen LogP contribution in [0.15, 0.2) is 24.3 Å². The first-order chi connectivity index (χ1) is 13.2. The van der Waals surface area contributed by atoms with Crippen molar-refractivity contribution in [3.05, 3.63) is 46.0 Å². The number of fused-ring (bicyclic) bond motifs is 6. The lowest BCUT2D eigenvalue weighted by molar-refractivity contribution is -0.116. The average molecular weight is 395 g/mol.